The molecule has 0 spiro atoms. The predicted molar refractivity (Wildman–Crippen MR) is 57.2 cm³/mol. The van der Waals surface area contributed by atoms with Crippen molar-refractivity contribution in [2.24, 2.45) is 0 Å². The van der Waals surface area contributed by atoms with Crippen molar-refractivity contribution in [2.45, 2.75) is 39.5 Å². The predicted octanol–water partition coefficient (Wildman–Crippen LogP) is 3.32. The summed E-state index contributed by atoms with van der Waals surface area (Å²) in [5.74, 6) is 0.894. The third kappa shape index (κ3) is 2.77. The van der Waals surface area contributed by atoms with Crippen molar-refractivity contribution in [3.05, 3.63) is 15.4 Å². The molecule has 0 saturated heterocycles. The maximum Gasteiger partial charge on any atom is 0.195 e. The van der Waals surface area contributed by atoms with Crippen LogP contribution in [0.25, 0.3) is 0 Å². The molecule has 0 unspecified atom stereocenters. The molecule has 0 radical (unpaired) electrons. The van der Waals surface area contributed by atoms with Crippen molar-refractivity contribution in [1.29, 1.82) is 0 Å². The number of unbranched alkanes of at least 4 members (excludes halogenated alkanes) is 2. The highest BCUT2D eigenvalue weighted by Gasteiger charge is 2.05. The fraction of sp³-hybridized carbons (Fsp3) is 0.667. The molecule has 0 bridgehead atoms. The minimum atomic E-state index is 0.894. The lowest BCUT2D eigenvalue weighted by atomic mass is 10.2. The lowest BCUT2D eigenvalue weighted by molar-refractivity contribution is 0.462. The van der Waals surface area contributed by atoms with E-state index in [1.807, 2.05) is 6.92 Å². The van der Waals surface area contributed by atoms with Gasteiger partial charge in [0.2, 0.25) is 0 Å². The molecule has 0 aliphatic heterocycles. The number of hydrogen-bond acceptors (Lipinski definition) is 2. The Labute approximate surface area is 86.9 Å². The second kappa shape index (κ2) is 4.84. The number of halogens is 1. The molecule has 0 aromatic carbocycles. The van der Waals surface area contributed by atoms with E-state index >= 15 is 0 Å². The van der Waals surface area contributed by atoms with Gasteiger partial charge in [-0.25, -0.2) is 4.98 Å². The molecule has 0 saturated carbocycles. The van der Waals surface area contributed by atoms with Crippen LogP contribution >= 0.6 is 22.6 Å². The topological polar surface area (TPSA) is 26.0 Å². The van der Waals surface area contributed by atoms with E-state index in [0.717, 1.165) is 21.8 Å². The first kappa shape index (κ1) is 10.0. The second-order valence-corrected chi connectivity index (χ2v) is 3.90. The number of hydrogen-bond donors (Lipinski definition) is 0. The smallest absolute Gasteiger partial charge is 0.195 e. The molecule has 0 aliphatic carbocycles. The van der Waals surface area contributed by atoms with Gasteiger partial charge in [-0.15, -0.1) is 0 Å². The Morgan fingerprint density at radius 3 is 2.67 bits per heavy atom. The van der Waals surface area contributed by atoms with Gasteiger partial charge in [0.1, 0.15) is 0 Å². The Hall–Kier alpha value is -0.0600. The van der Waals surface area contributed by atoms with E-state index in [0.29, 0.717) is 0 Å². The normalized spacial score (nSPS) is 10.6. The molecule has 1 rings (SSSR count). The van der Waals surface area contributed by atoms with Crippen LogP contribution in [0.15, 0.2) is 4.42 Å². The van der Waals surface area contributed by atoms with E-state index in [4.69, 9.17) is 4.42 Å². The summed E-state index contributed by atoms with van der Waals surface area (Å²) in [6.07, 6.45) is 4.68. The van der Waals surface area contributed by atoms with Crippen molar-refractivity contribution in [1.82, 2.24) is 4.98 Å². The summed E-state index contributed by atoms with van der Waals surface area (Å²) in [5, 5.41) is 0. The second-order valence-electron chi connectivity index (χ2n) is 2.92. The summed E-state index contributed by atoms with van der Waals surface area (Å²) in [6, 6.07) is 0. The van der Waals surface area contributed by atoms with Gasteiger partial charge in [0.25, 0.3) is 0 Å². The largest absolute Gasteiger partial charge is 0.435 e. The van der Waals surface area contributed by atoms with Crippen LogP contribution in [-0.2, 0) is 6.42 Å². The first-order chi connectivity index (χ1) is 5.74. The zero-order valence-corrected chi connectivity index (χ0v) is 9.72. The van der Waals surface area contributed by atoms with Gasteiger partial charge in [-0.3, -0.25) is 0 Å². The number of aryl methyl sites for hydroxylation is 2. The molecule has 12 heavy (non-hydrogen) atoms. The minimum Gasteiger partial charge on any atom is -0.435 e. The molecular weight excluding hydrogens is 265 g/mol. The molecule has 0 N–H and O–H groups in total. The molecule has 0 atom stereocenters. The van der Waals surface area contributed by atoms with Crippen molar-refractivity contribution in [3.8, 4) is 0 Å². The van der Waals surface area contributed by atoms with Crippen LogP contribution in [0, 0.1) is 10.7 Å². The number of nitrogens with zero attached hydrogens (tertiary/aromatic N) is 1. The van der Waals surface area contributed by atoms with Crippen LogP contribution in [-0.4, -0.2) is 4.98 Å². The SMILES string of the molecule is CCCCCc1nc(C)c(I)o1. The fourth-order valence-corrected chi connectivity index (χ4v) is 1.44. The third-order valence-electron chi connectivity index (χ3n) is 1.78. The molecule has 3 heteroatoms. The molecule has 0 amide bonds. The van der Waals surface area contributed by atoms with Crippen molar-refractivity contribution in [3.63, 3.8) is 0 Å². The van der Waals surface area contributed by atoms with E-state index < -0.39 is 0 Å². The molecule has 2 nitrogen and oxygen atoms in total. The summed E-state index contributed by atoms with van der Waals surface area (Å²) < 4.78 is 6.37. The number of rotatable bonds is 4. The molecule has 1 aromatic heterocycles. The standard InChI is InChI=1S/C9H14INO/c1-3-4-5-6-8-11-7(2)9(10)12-8/h3-6H2,1-2H3. The van der Waals surface area contributed by atoms with Crippen LogP contribution in [0.1, 0.15) is 37.8 Å². The monoisotopic (exact) mass is 279 g/mol. The summed E-state index contributed by atoms with van der Waals surface area (Å²) in [6.45, 7) is 4.18. The summed E-state index contributed by atoms with van der Waals surface area (Å²) in [7, 11) is 0. The van der Waals surface area contributed by atoms with E-state index in [1.165, 1.54) is 19.3 Å². The molecule has 68 valence electrons. The fourth-order valence-electron chi connectivity index (χ4n) is 1.06. The zero-order chi connectivity index (χ0) is 8.97. The molecule has 0 aliphatic rings. The van der Waals surface area contributed by atoms with Gasteiger partial charge in [0.05, 0.1) is 5.69 Å². The van der Waals surface area contributed by atoms with Gasteiger partial charge in [-0.05, 0) is 13.3 Å². The molecule has 1 aromatic rings. The Morgan fingerprint density at radius 2 is 2.17 bits per heavy atom. The van der Waals surface area contributed by atoms with Crippen LogP contribution in [0.4, 0.5) is 0 Å². The first-order valence-corrected chi connectivity index (χ1v) is 5.43. The van der Waals surface area contributed by atoms with Gasteiger partial charge < -0.3 is 4.42 Å². The van der Waals surface area contributed by atoms with E-state index in [1.54, 1.807) is 0 Å². The minimum absolute atomic E-state index is 0.894. The quantitative estimate of drug-likeness (QED) is 0.624. The Balaban J connectivity index is 2.42. The van der Waals surface area contributed by atoms with E-state index in [2.05, 4.69) is 34.5 Å². The highest BCUT2D eigenvalue weighted by atomic mass is 127. The van der Waals surface area contributed by atoms with Gasteiger partial charge in [0, 0.05) is 29.0 Å². The Kier molecular flexibility index (Phi) is 4.05. The number of oxazole rings is 1. The lowest BCUT2D eigenvalue weighted by Crippen LogP contribution is -1.84. The summed E-state index contributed by atoms with van der Waals surface area (Å²) in [5.41, 5.74) is 1.02. The highest BCUT2D eigenvalue weighted by molar-refractivity contribution is 14.1. The van der Waals surface area contributed by atoms with Gasteiger partial charge in [0.15, 0.2) is 9.66 Å². The van der Waals surface area contributed by atoms with Crippen molar-refractivity contribution in [2.75, 3.05) is 0 Å². The Morgan fingerprint density at radius 1 is 1.42 bits per heavy atom. The lowest BCUT2D eigenvalue weighted by Gasteiger charge is -1.92. The summed E-state index contributed by atoms with van der Waals surface area (Å²) in [4.78, 5) is 4.31. The van der Waals surface area contributed by atoms with Crippen LogP contribution in [0.5, 0.6) is 0 Å². The van der Waals surface area contributed by atoms with Gasteiger partial charge in [-0.1, -0.05) is 19.8 Å². The molecular formula is C9H14INO. The van der Waals surface area contributed by atoms with Crippen LogP contribution in [0.3, 0.4) is 0 Å². The first-order valence-electron chi connectivity index (χ1n) is 4.36. The van der Waals surface area contributed by atoms with Gasteiger partial charge in [-0.2, -0.15) is 0 Å². The van der Waals surface area contributed by atoms with E-state index in [-0.39, 0.29) is 0 Å². The maximum absolute atomic E-state index is 5.44. The van der Waals surface area contributed by atoms with E-state index in [9.17, 15) is 0 Å². The maximum atomic E-state index is 5.44. The molecule has 1 heterocycles. The Bertz CT molecular complexity index is 225. The zero-order valence-electron chi connectivity index (χ0n) is 7.56. The highest BCUT2D eigenvalue weighted by Crippen LogP contribution is 2.14. The molecule has 0 fully saturated rings. The average Bonchev–Trinajstić information content (AvgIpc) is 2.32. The van der Waals surface area contributed by atoms with Crippen molar-refractivity contribution >= 4 is 22.6 Å². The number of aromatic nitrogens is 1. The van der Waals surface area contributed by atoms with Crippen LogP contribution in [0.2, 0.25) is 0 Å². The third-order valence-corrected chi connectivity index (χ3v) is 2.78. The average molecular weight is 279 g/mol. The van der Waals surface area contributed by atoms with Crippen LogP contribution < -0.4 is 0 Å². The van der Waals surface area contributed by atoms with Crippen molar-refractivity contribution < 1.29 is 4.42 Å². The van der Waals surface area contributed by atoms with Gasteiger partial charge >= 0.3 is 0 Å². The summed E-state index contributed by atoms with van der Waals surface area (Å²) >= 11 is 2.18.